The predicted molar refractivity (Wildman–Crippen MR) is 78.2 cm³/mol. The summed E-state index contributed by atoms with van der Waals surface area (Å²) in [6.07, 6.45) is 0.131. The number of rotatable bonds is 5. The topological polar surface area (TPSA) is 73.2 Å². The van der Waals surface area contributed by atoms with Crippen molar-refractivity contribution in [1.29, 1.82) is 0 Å². The first kappa shape index (κ1) is 14.8. The average Bonchev–Trinajstić information content (AvgIpc) is 2.86. The molecule has 1 aromatic heterocycles. The van der Waals surface area contributed by atoms with Crippen LogP contribution in [0.3, 0.4) is 0 Å². The first-order valence-electron chi connectivity index (χ1n) is 6.59. The minimum absolute atomic E-state index is 0.0563. The number of aryl methyl sites for hydroxylation is 1. The van der Waals surface area contributed by atoms with Crippen LogP contribution in [0.25, 0.3) is 5.69 Å². The van der Waals surface area contributed by atoms with E-state index in [9.17, 15) is 9.59 Å². The number of benzene rings is 1. The van der Waals surface area contributed by atoms with E-state index in [1.807, 2.05) is 37.3 Å². The Labute approximate surface area is 122 Å². The van der Waals surface area contributed by atoms with Crippen LogP contribution >= 0.6 is 0 Å². The van der Waals surface area contributed by atoms with Crippen molar-refractivity contribution in [1.82, 2.24) is 9.78 Å². The molecule has 110 valence electrons. The Morgan fingerprint density at radius 2 is 1.95 bits per heavy atom. The first-order chi connectivity index (χ1) is 10.1. The standard InChI is InChI=1S/C15H17N3O3/c1-11-10-13(16-14(19)8-9-15(20)21-2)18(17-11)12-6-4-3-5-7-12/h3-7,10H,8-9H2,1-2H3,(H,16,19). The molecule has 6 nitrogen and oxygen atoms in total. The second-order valence-corrected chi connectivity index (χ2v) is 4.54. The van der Waals surface area contributed by atoms with Crippen molar-refractivity contribution in [2.24, 2.45) is 0 Å². The van der Waals surface area contributed by atoms with Gasteiger partial charge < -0.3 is 10.1 Å². The molecule has 1 amide bonds. The highest BCUT2D eigenvalue weighted by Gasteiger charge is 2.12. The van der Waals surface area contributed by atoms with Crippen LogP contribution in [-0.4, -0.2) is 28.8 Å². The summed E-state index contributed by atoms with van der Waals surface area (Å²) in [5.41, 5.74) is 1.65. The molecule has 1 N–H and O–H groups in total. The quantitative estimate of drug-likeness (QED) is 0.854. The Bertz CT molecular complexity index is 635. The van der Waals surface area contributed by atoms with E-state index in [2.05, 4.69) is 15.2 Å². The lowest BCUT2D eigenvalue weighted by Gasteiger charge is -2.08. The van der Waals surface area contributed by atoms with Crippen molar-refractivity contribution in [3.05, 3.63) is 42.1 Å². The summed E-state index contributed by atoms with van der Waals surface area (Å²) in [5.74, 6) is -0.0797. The smallest absolute Gasteiger partial charge is 0.306 e. The maximum Gasteiger partial charge on any atom is 0.306 e. The van der Waals surface area contributed by atoms with Gasteiger partial charge in [0.15, 0.2) is 0 Å². The number of ether oxygens (including phenoxy) is 1. The minimum atomic E-state index is -0.405. The van der Waals surface area contributed by atoms with Gasteiger partial charge in [-0.15, -0.1) is 0 Å². The van der Waals surface area contributed by atoms with Crippen LogP contribution in [0.4, 0.5) is 5.82 Å². The van der Waals surface area contributed by atoms with Gasteiger partial charge in [0.1, 0.15) is 5.82 Å². The number of carbonyl (C=O) groups excluding carboxylic acids is 2. The highest BCUT2D eigenvalue weighted by Crippen LogP contribution is 2.17. The lowest BCUT2D eigenvalue weighted by molar-refractivity contribution is -0.141. The molecular formula is C15H17N3O3. The molecule has 1 heterocycles. The van der Waals surface area contributed by atoms with Crippen molar-refractivity contribution in [3.8, 4) is 5.69 Å². The van der Waals surface area contributed by atoms with Crippen LogP contribution in [0.5, 0.6) is 0 Å². The minimum Gasteiger partial charge on any atom is -0.469 e. The van der Waals surface area contributed by atoms with Gasteiger partial charge in [-0.25, -0.2) is 4.68 Å². The fourth-order valence-corrected chi connectivity index (χ4v) is 1.88. The summed E-state index contributed by atoms with van der Waals surface area (Å²) in [5, 5.41) is 7.12. The van der Waals surface area contributed by atoms with Crippen LogP contribution in [0.1, 0.15) is 18.5 Å². The van der Waals surface area contributed by atoms with Crippen LogP contribution in [-0.2, 0) is 14.3 Å². The molecule has 1 aromatic carbocycles. The van der Waals surface area contributed by atoms with Gasteiger partial charge in [0, 0.05) is 12.5 Å². The Morgan fingerprint density at radius 3 is 2.62 bits per heavy atom. The summed E-state index contributed by atoms with van der Waals surface area (Å²) < 4.78 is 6.17. The molecule has 0 saturated heterocycles. The number of aromatic nitrogens is 2. The van der Waals surface area contributed by atoms with E-state index in [1.54, 1.807) is 10.7 Å². The predicted octanol–water partition coefficient (Wildman–Crippen LogP) is 2.07. The molecule has 0 fully saturated rings. The van der Waals surface area contributed by atoms with E-state index in [-0.39, 0.29) is 18.7 Å². The van der Waals surface area contributed by atoms with Crippen molar-refractivity contribution < 1.29 is 14.3 Å². The van der Waals surface area contributed by atoms with Crippen molar-refractivity contribution >= 4 is 17.7 Å². The summed E-state index contributed by atoms with van der Waals surface area (Å²) >= 11 is 0. The number of methoxy groups -OCH3 is 1. The number of esters is 1. The summed E-state index contributed by atoms with van der Waals surface area (Å²) in [6.45, 7) is 1.85. The molecule has 0 aliphatic rings. The fourth-order valence-electron chi connectivity index (χ4n) is 1.88. The Hall–Kier alpha value is -2.63. The number of hydrogen-bond donors (Lipinski definition) is 1. The molecule has 0 aliphatic carbocycles. The number of nitrogens with one attached hydrogen (secondary N) is 1. The normalized spacial score (nSPS) is 10.2. The Balaban J connectivity index is 2.10. The van der Waals surface area contributed by atoms with Gasteiger partial charge in [0.05, 0.1) is 24.9 Å². The third kappa shape index (κ3) is 3.92. The molecule has 0 radical (unpaired) electrons. The largest absolute Gasteiger partial charge is 0.469 e. The van der Waals surface area contributed by atoms with E-state index >= 15 is 0 Å². The van der Waals surface area contributed by atoms with Gasteiger partial charge in [0.25, 0.3) is 0 Å². The summed E-state index contributed by atoms with van der Waals surface area (Å²) in [6, 6.07) is 11.3. The average molecular weight is 287 g/mol. The van der Waals surface area contributed by atoms with E-state index in [0.717, 1.165) is 11.4 Å². The fraction of sp³-hybridized carbons (Fsp3) is 0.267. The summed E-state index contributed by atoms with van der Waals surface area (Å²) in [4.78, 5) is 22.9. The maximum absolute atomic E-state index is 11.9. The monoisotopic (exact) mass is 287 g/mol. The molecule has 0 aliphatic heterocycles. The SMILES string of the molecule is COC(=O)CCC(=O)Nc1cc(C)nn1-c1ccccc1. The van der Waals surface area contributed by atoms with Crippen LogP contribution in [0.2, 0.25) is 0 Å². The van der Waals surface area contributed by atoms with Gasteiger partial charge in [0.2, 0.25) is 5.91 Å². The zero-order valence-corrected chi connectivity index (χ0v) is 12.0. The molecule has 0 saturated carbocycles. The van der Waals surface area contributed by atoms with Crippen LogP contribution < -0.4 is 5.32 Å². The highest BCUT2D eigenvalue weighted by atomic mass is 16.5. The van der Waals surface area contributed by atoms with Gasteiger partial charge in [-0.2, -0.15) is 5.10 Å². The second kappa shape index (κ2) is 6.69. The van der Waals surface area contributed by atoms with E-state index in [0.29, 0.717) is 5.82 Å². The number of nitrogens with zero attached hydrogens (tertiary/aromatic N) is 2. The van der Waals surface area contributed by atoms with E-state index in [4.69, 9.17) is 0 Å². The first-order valence-corrected chi connectivity index (χ1v) is 6.59. The Kier molecular flexibility index (Phi) is 4.71. The molecule has 0 atom stereocenters. The van der Waals surface area contributed by atoms with Crippen molar-refractivity contribution in [3.63, 3.8) is 0 Å². The zero-order chi connectivity index (χ0) is 15.2. The molecule has 0 spiro atoms. The van der Waals surface area contributed by atoms with Gasteiger partial charge in [-0.1, -0.05) is 18.2 Å². The third-order valence-corrected chi connectivity index (χ3v) is 2.88. The molecular weight excluding hydrogens is 270 g/mol. The van der Waals surface area contributed by atoms with Gasteiger partial charge in [-0.05, 0) is 19.1 Å². The highest BCUT2D eigenvalue weighted by molar-refractivity contribution is 5.92. The third-order valence-electron chi connectivity index (χ3n) is 2.88. The van der Waals surface area contributed by atoms with Crippen molar-refractivity contribution in [2.75, 3.05) is 12.4 Å². The summed E-state index contributed by atoms with van der Waals surface area (Å²) in [7, 11) is 1.30. The number of para-hydroxylation sites is 1. The van der Waals surface area contributed by atoms with E-state index < -0.39 is 5.97 Å². The number of amides is 1. The number of anilines is 1. The maximum atomic E-state index is 11.9. The molecule has 2 rings (SSSR count). The van der Waals surface area contributed by atoms with Crippen LogP contribution in [0, 0.1) is 6.92 Å². The molecule has 0 bridgehead atoms. The van der Waals surface area contributed by atoms with Gasteiger partial charge >= 0.3 is 5.97 Å². The molecule has 2 aromatic rings. The van der Waals surface area contributed by atoms with Crippen LogP contribution in [0.15, 0.2) is 36.4 Å². The number of hydrogen-bond acceptors (Lipinski definition) is 4. The lowest BCUT2D eigenvalue weighted by atomic mass is 10.3. The molecule has 6 heteroatoms. The zero-order valence-electron chi connectivity index (χ0n) is 12.0. The molecule has 0 unspecified atom stereocenters. The van der Waals surface area contributed by atoms with Crippen molar-refractivity contribution in [2.45, 2.75) is 19.8 Å². The second-order valence-electron chi connectivity index (χ2n) is 4.54. The Morgan fingerprint density at radius 1 is 1.24 bits per heavy atom. The van der Waals surface area contributed by atoms with Gasteiger partial charge in [-0.3, -0.25) is 9.59 Å². The molecule has 21 heavy (non-hydrogen) atoms. The lowest BCUT2D eigenvalue weighted by Crippen LogP contribution is -2.16. The van der Waals surface area contributed by atoms with E-state index in [1.165, 1.54) is 7.11 Å². The number of carbonyl (C=O) groups is 2.